The van der Waals surface area contributed by atoms with Gasteiger partial charge in [0.15, 0.2) is 0 Å². The fraction of sp³-hybridized carbons (Fsp3) is 0.615. The van der Waals surface area contributed by atoms with E-state index in [1.165, 1.54) is 19.3 Å². The zero-order valence-electron chi connectivity index (χ0n) is 10.9. The van der Waals surface area contributed by atoms with Gasteiger partial charge in [0.1, 0.15) is 10.8 Å². The van der Waals surface area contributed by atoms with E-state index in [0.29, 0.717) is 15.9 Å². The fourth-order valence-corrected chi connectivity index (χ4v) is 2.06. The Kier molecular flexibility index (Phi) is 6.58. The highest BCUT2D eigenvalue weighted by Gasteiger charge is 2.11. The van der Waals surface area contributed by atoms with Gasteiger partial charge in [-0.05, 0) is 25.8 Å². The third-order valence-corrected chi connectivity index (χ3v) is 3.27. The number of halogens is 2. The minimum atomic E-state index is 0.0763. The van der Waals surface area contributed by atoms with Gasteiger partial charge in [-0.2, -0.15) is 4.98 Å². The Labute approximate surface area is 119 Å². The van der Waals surface area contributed by atoms with E-state index in [2.05, 4.69) is 11.9 Å². The molecule has 102 valence electrons. The minimum absolute atomic E-state index is 0.0763. The summed E-state index contributed by atoms with van der Waals surface area (Å²) in [7, 11) is 0. The summed E-state index contributed by atoms with van der Waals surface area (Å²) in [6.45, 7) is 4.20. The van der Waals surface area contributed by atoms with E-state index in [0.717, 1.165) is 12.8 Å². The number of hydrogen-bond donors (Lipinski definition) is 1. The second kappa shape index (κ2) is 7.70. The van der Waals surface area contributed by atoms with Gasteiger partial charge in [-0.15, -0.1) is 0 Å². The lowest BCUT2D eigenvalue weighted by atomic mass is 10.1. The number of anilines is 1. The number of hydrogen-bond acceptors (Lipinski definition) is 3. The van der Waals surface area contributed by atoms with Gasteiger partial charge in [-0.1, -0.05) is 49.4 Å². The molecular formula is C13H20Cl2N2O. The third-order valence-electron chi connectivity index (χ3n) is 2.70. The maximum atomic E-state index is 6.00. The molecule has 0 saturated heterocycles. The van der Waals surface area contributed by atoms with Crippen molar-refractivity contribution < 1.29 is 4.74 Å². The van der Waals surface area contributed by atoms with Crippen molar-refractivity contribution >= 4 is 29.0 Å². The van der Waals surface area contributed by atoms with Crippen LogP contribution in [0.3, 0.4) is 0 Å². The zero-order chi connectivity index (χ0) is 13.5. The molecule has 1 heterocycles. The van der Waals surface area contributed by atoms with E-state index in [1.807, 2.05) is 6.92 Å². The Balaban J connectivity index is 2.48. The molecule has 1 unspecified atom stereocenters. The normalized spacial score (nSPS) is 12.4. The molecule has 0 fully saturated rings. The van der Waals surface area contributed by atoms with Crippen molar-refractivity contribution in [2.75, 3.05) is 5.73 Å². The van der Waals surface area contributed by atoms with Crippen molar-refractivity contribution in [2.24, 2.45) is 0 Å². The van der Waals surface area contributed by atoms with Gasteiger partial charge in [-0.3, -0.25) is 0 Å². The SMILES string of the molecule is CCCCCCC(C)Oc1nc(N)c(Cl)cc1Cl. The molecule has 1 atom stereocenters. The molecule has 0 radical (unpaired) electrons. The van der Waals surface area contributed by atoms with Crippen molar-refractivity contribution in [3.63, 3.8) is 0 Å². The molecule has 18 heavy (non-hydrogen) atoms. The number of nitrogen functional groups attached to an aromatic ring is 1. The molecule has 0 amide bonds. The van der Waals surface area contributed by atoms with Crippen molar-refractivity contribution in [1.82, 2.24) is 4.98 Å². The van der Waals surface area contributed by atoms with E-state index >= 15 is 0 Å². The summed E-state index contributed by atoms with van der Waals surface area (Å²) in [6.07, 6.45) is 5.94. The molecule has 1 rings (SSSR count). The van der Waals surface area contributed by atoms with Crippen LogP contribution in [0.4, 0.5) is 5.82 Å². The minimum Gasteiger partial charge on any atom is -0.474 e. The first-order valence-electron chi connectivity index (χ1n) is 6.32. The first kappa shape index (κ1) is 15.4. The summed E-state index contributed by atoms with van der Waals surface area (Å²) in [6, 6.07) is 1.56. The monoisotopic (exact) mass is 290 g/mol. The van der Waals surface area contributed by atoms with Crippen LogP contribution in [0.5, 0.6) is 5.88 Å². The van der Waals surface area contributed by atoms with Gasteiger partial charge in [0.25, 0.3) is 0 Å². The van der Waals surface area contributed by atoms with E-state index < -0.39 is 0 Å². The Morgan fingerprint density at radius 2 is 2.00 bits per heavy atom. The van der Waals surface area contributed by atoms with Gasteiger partial charge in [-0.25, -0.2) is 0 Å². The number of unbranched alkanes of at least 4 members (excludes halogenated alkanes) is 3. The summed E-state index contributed by atoms with van der Waals surface area (Å²) in [5.74, 6) is 0.607. The Morgan fingerprint density at radius 3 is 2.67 bits per heavy atom. The molecule has 0 saturated carbocycles. The summed E-state index contributed by atoms with van der Waals surface area (Å²) in [5.41, 5.74) is 5.62. The Hall–Kier alpha value is -0.670. The zero-order valence-corrected chi connectivity index (χ0v) is 12.4. The number of pyridine rings is 1. The second-order valence-electron chi connectivity index (χ2n) is 4.42. The van der Waals surface area contributed by atoms with E-state index in [4.69, 9.17) is 33.7 Å². The molecule has 1 aromatic rings. The summed E-state index contributed by atoms with van der Waals surface area (Å²) >= 11 is 11.8. The molecule has 0 aliphatic heterocycles. The molecular weight excluding hydrogens is 271 g/mol. The van der Waals surface area contributed by atoms with Gasteiger partial charge in [0.05, 0.1) is 11.1 Å². The molecule has 5 heteroatoms. The Bertz CT molecular complexity index is 385. The molecule has 0 spiro atoms. The highest BCUT2D eigenvalue weighted by molar-refractivity contribution is 6.36. The first-order valence-corrected chi connectivity index (χ1v) is 7.08. The topological polar surface area (TPSA) is 48.1 Å². The van der Waals surface area contributed by atoms with Crippen LogP contribution >= 0.6 is 23.2 Å². The predicted octanol–water partition coefficient (Wildman–Crippen LogP) is 4.71. The molecule has 2 N–H and O–H groups in total. The van der Waals surface area contributed by atoms with E-state index in [1.54, 1.807) is 6.07 Å². The largest absolute Gasteiger partial charge is 0.474 e. The quantitative estimate of drug-likeness (QED) is 0.740. The number of nitrogens with two attached hydrogens (primary N) is 1. The molecule has 0 aliphatic carbocycles. The number of rotatable bonds is 7. The summed E-state index contributed by atoms with van der Waals surface area (Å²) in [4.78, 5) is 4.05. The summed E-state index contributed by atoms with van der Waals surface area (Å²) in [5, 5.41) is 0.748. The lowest BCUT2D eigenvalue weighted by Gasteiger charge is -2.15. The van der Waals surface area contributed by atoms with E-state index in [-0.39, 0.29) is 11.9 Å². The van der Waals surface area contributed by atoms with Crippen molar-refractivity contribution in [3.8, 4) is 5.88 Å². The van der Waals surface area contributed by atoms with Gasteiger partial charge < -0.3 is 10.5 Å². The van der Waals surface area contributed by atoms with Crippen LogP contribution in [-0.4, -0.2) is 11.1 Å². The van der Waals surface area contributed by atoms with Crippen molar-refractivity contribution in [2.45, 2.75) is 52.1 Å². The average Bonchev–Trinajstić information content (AvgIpc) is 2.32. The smallest absolute Gasteiger partial charge is 0.234 e. The first-order chi connectivity index (χ1) is 8.54. The van der Waals surface area contributed by atoms with Crippen LogP contribution in [0.2, 0.25) is 10.0 Å². The standard InChI is InChI=1S/C13H20Cl2N2O/c1-3-4-5-6-7-9(2)18-13-11(15)8-10(14)12(16)17-13/h8-9H,3-7H2,1-2H3,(H2,16,17). The molecule has 1 aromatic heterocycles. The van der Waals surface area contributed by atoms with Crippen LogP contribution in [0.1, 0.15) is 46.0 Å². The number of ether oxygens (including phenoxy) is 1. The van der Waals surface area contributed by atoms with E-state index in [9.17, 15) is 0 Å². The molecule has 3 nitrogen and oxygen atoms in total. The van der Waals surface area contributed by atoms with Crippen molar-refractivity contribution in [1.29, 1.82) is 0 Å². The van der Waals surface area contributed by atoms with Crippen LogP contribution < -0.4 is 10.5 Å². The van der Waals surface area contributed by atoms with Crippen LogP contribution in [0.25, 0.3) is 0 Å². The predicted molar refractivity (Wildman–Crippen MR) is 77.5 cm³/mol. The second-order valence-corrected chi connectivity index (χ2v) is 5.23. The molecule has 0 aromatic carbocycles. The number of nitrogens with zero attached hydrogens (tertiary/aromatic N) is 1. The third kappa shape index (κ3) is 4.91. The molecule has 0 bridgehead atoms. The van der Waals surface area contributed by atoms with Crippen LogP contribution in [-0.2, 0) is 0 Å². The van der Waals surface area contributed by atoms with Gasteiger partial charge >= 0.3 is 0 Å². The van der Waals surface area contributed by atoms with Crippen molar-refractivity contribution in [3.05, 3.63) is 16.1 Å². The molecule has 0 aliphatic rings. The lowest BCUT2D eigenvalue weighted by Crippen LogP contribution is -2.13. The maximum absolute atomic E-state index is 6.00. The fourth-order valence-electron chi connectivity index (χ4n) is 1.65. The highest BCUT2D eigenvalue weighted by Crippen LogP contribution is 2.30. The summed E-state index contributed by atoms with van der Waals surface area (Å²) < 4.78 is 5.68. The van der Waals surface area contributed by atoms with Crippen LogP contribution in [0, 0.1) is 0 Å². The number of aromatic nitrogens is 1. The lowest BCUT2D eigenvalue weighted by molar-refractivity contribution is 0.198. The van der Waals surface area contributed by atoms with Gasteiger partial charge in [0.2, 0.25) is 5.88 Å². The maximum Gasteiger partial charge on any atom is 0.234 e. The van der Waals surface area contributed by atoms with Crippen LogP contribution in [0.15, 0.2) is 6.07 Å². The average molecular weight is 291 g/mol. The van der Waals surface area contributed by atoms with Gasteiger partial charge in [0, 0.05) is 0 Å². The Morgan fingerprint density at radius 1 is 1.28 bits per heavy atom. The highest BCUT2D eigenvalue weighted by atomic mass is 35.5.